The minimum Gasteiger partial charge on any atom is -0.437 e. The second kappa shape index (κ2) is 7.00. The highest BCUT2D eigenvalue weighted by Gasteiger charge is 2.12. The number of anilines is 1. The Labute approximate surface area is 143 Å². The van der Waals surface area contributed by atoms with E-state index in [0.29, 0.717) is 28.6 Å². The van der Waals surface area contributed by atoms with Gasteiger partial charge >= 0.3 is 0 Å². The first-order chi connectivity index (χ1) is 12.0. The third-order valence-corrected chi connectivity index (χ3v) is 3.33. The molecule has 0 unspecified atom stereocenters. The number of hydrogen-bond donors (Lipinski definition) is 1. The number of carbonyl (C=O) groups excluding carboxylic acids is 2. The number of benzene rings is 1. The van der Waals surface area contributed by atoms with E-state index in [4.69, 9.17) is 8.94 Å². The molecule has 0 bridgehead atoms. The first-order valence-electron chi connectivity index (χ1n) is 7.53. The first-order valence-corrected chi connectivity index (χ1v) is 7.53. The third-order valence-electron chi connectivity index (χ3n) is 3.33. The van der Waals surface area contributed by atoms with Crippen LogP contribution < -0.4 is 5.32 Å². The molecule has 3 rings (SSSR count). The molecule has 0 aliphatic rings. The maximum atomic E-state index is 12.1. The average molecular weight is 340 g/mol. The summed E-state index contributed by atoms with van der Waals surface area (Å²) >= 11 is 0. The normalized spacial score (nSPS) is 11.1. The van der Waals surface area contributed by atoms with Gasteiger partial charge in [0.15, 0.2) is 11.4 Å². The minimum atomic E-state index is -0.376. The topological polar surface area (TPSA) is 101 Å². The molecule has 0 spiro atoms. The van der Waals surface area contributed by atoms with E-state index in [2.05, 4.69) is 15.5 Å². The Morgan fingerprint density at radius 1 is 1.32 bits per heavy atom. The van der Waals surface area contributed by atoms with Crippen molar-refractivity contribution in [1.29, 1.82) is 0 Å². The van der Waals surface area contributed by atoms with E-state index < -0.39 is 0 Å². The lowest BCUT2D eigenvalue weighted by atomic mass is 10.3. The van der Waals surface area contributed by atoms with E-state index in [1.807, 2.05) is 18.2 Å². The molecule has 25 heavy (non-hydrogen) atoms. The van der Waals surface area contributed by atoms with Gasteiger partial charge < -0.3 is 19.2 Å². The fourth-order valence-corrected chi connectivity index (χ4v) is 2.13. The number of rotatable bonds is 5. The zero-order chi connectivity index (χ0) is 17.8. The molecule has 2 aromatic heterocycles. The molecule has 0 fully saturated rings. The van der Waals surface area contributed by atoms with Crippen molar-refractivity contribution >= 4 is 34.8 Å². The highest BCUT2D eigenvalue weighted by Crippen LogP contribution is 2.15. The fourth-order valence-electron chi connectivity index (χ4n) is 2.13. The van der Waals surface area contributed by atoms with Crippen LogP contribution in [0.25, 0.3) is 17.2 Å². The summed E-state index contributed by atoms with van der Waals surface area (Å²) in [5.74, 6) is 0.491. The summed E-state index contributed by atoms with van der Waals surface area (Å²) in [6, 6.07) is 8.90. The molecule has 0 saturated heterocycles. The number of aromatic nitrogens is 2. The van der Waals surface area contributed by atoms with Gasteiger partial charge in [-0.25, -0.2) is 4.98 Å². The molecule has 1 aromatic carbocycles. The Morgan fingerprint density at radius 2 is 2.12 bits per heavy atom. The van der Waals surface area contributed by atoms with Crippen molar-refractivity contribution in [2.45, 2.75) is 6.92 Å². The predicted octanol–water partition coefficient (Wildman–Crippen LogP) is 2.23. The maximum absolute atomic E-state index is 12.1. The molecule has 8 nitrogen and oxygen atoms in total. The van der Waals surface area contributed by atoms with Crippen LogP contribution in [0.5, 0.6) is 0 Å². The molecule has 1 N–H and O–H groups in total. The Kier molecular flexibility index (Phi) is 4.60. The molecular weight excluding hydrogens is 324 g/mol. The molecule has 0 radical (unpaired) electrons. The SMILES string of the molecule is Cc1cc(NC(=O)CN(C)C(=O)/C=C/c2nc3ccccc3o2)no1. The fraction of sp³-hybridized carbons (Fsp3) is 0.176. The molecule has 3 aromatic rings. The summed E-state index contributed by atoms with van der Waals surface area (Å²) in [4.78, 5) is 29.5. The summed E-state index contributed by atoms with van der Waals surface area (Å²) in [6.45, 7) is 1.60. The molecule has 0 atom stereocenters. The summed E-state index contributed by atoms with van der Waals surface area (Å²) in [7, 11) is 1.52. The number of fused-ring (bicyclic) bond motifs is 1. The van der Waals surface area contributed by atoms with Gasteiger partial charge in [-0.3, -0.25) is 9.59 Å². The van der Waals surface area contributed by atoms with Crippen LogP contribution in [0.4, 0.5) is 5.82 Å². The van der Waals surface area contributed by atoms with Gasteiger partial charge in [0.1, 0.15) is 11.3 Å². The van der Waals surface area contributed by atoms with Crippen molar-refractivity contribution in [2.75, 3.05) is 18.9 Å². The quantitative estimate of drug-likeness (QED) is 0.715. The number of para-hydroxylation sites is 2. The van der Waals surface area contributed by atoms with Crippen molar-refractivity contribution in [3.63, 3.8) is 0 Å². The Balaban J connectivity index is 1.57. The second-order valence-electron chi connectivity index (χ2n) is 5.42. The number of hydrogen-bond acceptors (Lipinski definition) is 6. The zero-order valence-corrected chi connectivity index (χ0v) is 13.7. The number of amides is 2. The lowest BCUT2D eigenvalue weighted by Gasteiger charge is -2.13. The lowest BCUT2D eigenvalue weighted by Crippen LogP contribution is -2.33. The standard InChI is InChI=1S/C17H16N4O4/c1-11-9-14(20-25-11)19-15(22)10-21(2)17(23)8-7-16-18-12-5-3-4-6-13(12)24-16/h3-9H,10H2,1-2H3,(H,19,20,22)/b8-7+. The van der Waals surface area contributed by atoms with Crippen molar-refractivity contribution in [1.82, 2.24) is 15.0 Å². The number of likely N-dealkylation sites (N-methyl/N-ethyl adjacent to an activating group) is 1. The Morgan fingerprint density at radius 3 is 2.84 bits per heavy atom. The molecule has 2 heterocycles. The Hall–Kier alpha value is -3.42. The van der Waals surface area contributed by atoms with Crippen LogP contribution in [-0.2, 0) is 9.59 Å². The van der Waals surface area contributed by atoms with E-state index in [0.717, 1.165) is 0 Å². The van der Waals surface area contributed by atoms with Crippen molar-refractivity contribution < 1.29 is 18.5 Å². The van der Waals surface area contributed by atoms with Crippen LogP contribution in [0.2, 0.25) is 0 Å². The van der Waals surface area contributed by atoms with E-state index in [1.165, 1.54) is 24.1 Å². The van der Waals surface area contributed by atoms with Crippen molar-refractivity contribution in [3.05, 3.63) is 48.1 Å². The highest BCUT2D eigenvalue weighted by atomic mass is 16.5. The largest absolute Gasteiger partial charge is 0.437 e. The van der Waals surface area contributed by atoms with Crippen molar-refractivity contribution in [2.24, 2.45) is 0 Å². The van der Waals surface area contributed by atoms with Gasteiger partial charge in [-0.1, -0.05) is 17.3 Å². The van der Waals surface area contributed by atoms with E-state index in [1.54, 1.807) is 19.1 Å². The number of aryl methyl sites for hydroxylation is 1. The second-order valence-corrected chi connectivity index (χ2v) is 5.42. The third kappa shape index (κ3) is 4.11. The Bertz CT molecular complexity index is 908. The number of oxazole rings is 1. The van der Waals surface area contributed by atoms with Gasteiger partial charge in [0, 0.05) is 25.3 Å². The first kappa shape index (κ1) is 16.4. The minimum absolute atomic E-state index is 0.122. The van der Waals surface area contributed by atoms with Gasteiger partial charge in [-0.15, -0.1) is 0 Å². The summed E-state index contributed by atoms with van der Waals surface area (Å²) in [5, 5.41) is 6.21. The molecule has 0 aliphatic carbocycles. The maximum Gasteiger partial charge on any atom is 0.246 e. The highest BCUT2D eigenvalue weighted by molar-refractivity contribution is 5.97. The number of nitrogens with zero attached hydrogens (tertiary/aromatic N) is 3. The van der Waals surface area contributed by atoms with Crippen LogP contribution in [0.3, 0.4) is 0 Å². The average Bonchev–Trinajstić information content (AvgIpc) is 3.17. The van der Waals surface area contributed by atoms with Gasteiger partial charge in [0.05, 0.1) is 6.54 Å². The molecule has 8 heteroatoms. The smallest absolute Gasteiger partial charge is 0.246 e. The van der Waals surface area contributed by atoms with Gasteiger partial charge in [-0.05, 0) is 19.1 Å². The predicted molar refractivity (Wildman–Crippen MR) is 90.5 cm³/mol. The van der Waals surface area contributed by atoms with Crippen LogP contribution in [0.15, 0.2) is 45.3 Å². The summed E-state index contributed by atoms with van der Waals surface area (Å²) < 4.78 is 10.4. The van der Waals surface area contributed by atoms with E-state index in [9.17, 15) is 9.59 Å². The van der Waals surface area contributed by atoms with Crippen LogP contribution in [-0.4, -0.2) is 40.4 Å². The lowest BCUT2D eigenvalue weighted by molar-refractivity contribution is -0.129. The summed E-state index contributed by atoms with van der Waals surface area (Å²) in [6.07, 6.45) is 2.77. The van der Waals surface area contributed by atoms with Gasteiger partial charge in [0.25, 0.3) is 0 Å². The van der Waals surface area contributed by atoms with E-state index in [-0.39, 0.29) is 18.4 Å². The molecular formula is C17H16N4O4. The number of carbonyl (C=O) groups is 2. The van der Waals surface area contributed by atoms with Crippen LogP contribution >= 0.6 is 0 Å². The van der Waals surface area contributed by atoms with Gasteiger partial charge in [-0.2, -0.15) is 0 Å². The van der Waals surface area contributed by atoms with Gasteiger partial charge in [0.2, 0.25) is 17.7 Å². The monoisotopic (exact) mass is 340 g/mol. The van der Waals surface area contributed by atoms with E-state index >= 15 is 0 Å². The van der Waals surface area contributed by atoms with Crippen molar-refractivity contribution in [3.8, 4) is 0 Å². The molecule has 0 aliphatic heterocycles. The molecule has 128 valence electrons. The summed E-state index contributed by atoms with van der Waals surface area (Å²) in [5.41, 5.74) is 1.36. The van der Waals surface area contributed by atoms with Crippen LogP contribution in [0.1, 0.15) is 11.7 Å². The van der Waals surface area contributed by atoms with Crippen LogP contribution in [0, 0.1) is 6.92 Å². The zero-order valence-electron chi connectivity index (χ0n) is 13.7. The molecule has 0 saturated carbocycles. The molecule has 2 amide bonds. The number of nitrogens with one attached hydrogen (secondary N) is 1.